The molecule has 1 aliphatic rings. The molecule has 2 nitrogen and oxygen atoms in total. The summed E-state index contributed by atoms with van der Waals surface area (Å²) in [6.45, 7) is 0. The highest BCUT2D eigenvalue weighted by molar-refractivity contribution is 9.10. The van der Waals surface area contributed by atoms with Gasteiger partial charge in [-0.3, -0.25) is 0 Å². The molecule has 2 N–H and O–H groups in total. The molecule has 1 aromatic rings. The first kappa shape index (κ1) is 11.5. The smallest absolute Gasteiger partial charge is 0.252 e. The second-order valence-electron chi connectivity index (χ2n) is 4.17. The standard InChI is InChI=1S/C11H9BrF2N2/c12-9-2-1-7(4-15)3-8(9)10(16)5-11(13,14)6-10/h1-3H,5-6,16H2. The molecule has 1 saturated carbocycles. The molecule has 0 spiro atoms. The molecule has 5 heteroatoms. The highest BCUT2D eigenvalue weighted by Crippen LogP contribution is 2.51. The van der Waals surface area contributed by atoms with Crippen molar-refractivity contribution in [1.82, 2.24) is 0 Å². The molecule has 0 heterocycles. The number of rotatable bonds is 1. The van der Waals surface area contributed by atoms with E-state index < -0.39 is 11.5 Å². The van der Waals surface area contributed by atoms with E-state index in [2.05, 4.69) is 15.9 Å². The van der Waals surface area contributed by atoms with Gasteiger partial charge >= 0.3 is 0 Å². The largest absolute Gasteiger partial charge is 0.321 e. The van der Waals surface area contributed by atoms with E-state index in [-0.39, 0.29) is 12.8 Å². The van der Waals surface area contributed by atoms with Crippen molar-refractivity contribution in [2.45, 2.75) is 24.3 Å². The molecular formula is C11H9BrF2N2. The Kier molecular flexibility index (Phi) is 2.52. The maximum Gasteiger partial charge on any atom is 0.252 e. The summed E-state index contributed by atoms with van der Waals surface area (Å²) in [6, 6.07) is 6.82. The predicted molar refractivity (Wildman–Crippen MR) is 58.9 cm³/mol. The first-order chi connectivity index (χ1) is 7.36. The minimum absolute atomic E-state index is 0.368. The van der Waals surface area contributed by atoms with Gasteiger partial charge in [-0.25, -0.2) is 8.78 Å². The van der Waals surface area contributed by atoms with E-state index in [9.17, 15) is 8.78 Å². The van der Waals surface area contributed by atoms with E-state index in [1.54, 1.807) is 18.2 Å². The number of alkyl halides is 2. The lowest BCUT2D eigenvalue weighted by Crippen LogP contribution is -2.55. The van der Waals surface area contributed by atoms with Crippen LogP contribution in [0.2, 0.25) is 0 Å². The molecule has 1 aromatic carbocycles. The monoisotopic (exact) mass is 286 g/mol. The van der Waals surface area contributed by atoms with Crippen LogP contribution in [0.25, 0.3) is 0 Å². The quantitative estimate of drug-likeness (QED) is 0.863. The summed E-state index contributed by atoms with van der Waals surface area (Å²) < 4.78 is 26.4. The fourth-order valence-corrected chi connectivity index (χ4v) is 2.68. The average molecular weight is 287 g/mol. The summed E-state index contributed by atoms with van der Waals surface area (Å²) in [4.78, 5) is 0. The van der Waals surface area contributed by atoms with E-state index in [0.29, 0.717) is 15.6 Å². The van der Waals surface area contributed by atoms with Gasteiger partial charge in [0.25, 0.3) is 5.92 Å². The number of hydrogen-bond acceptors (Lipinski definition) is 2. The Balaban J connectivity index is 2.38. The first-order valence-corrected chi connectivity index (χ1v) is 5.52. The van der Waals surface area contributed by atoms with Crippen molar-refractivity contribution in [2.24, 2.45) is 5.73 Å². The minimum atomic E-state index is -2.68. The molecule has 1 aliphatic carbocycles. The van der Waals surface area contributed by atoms with Gasteiger partial charge in [-0.05, 0) is 23.8 Å². The fourth-order valence-electron chi connectivity index (χ4n) is 2.04. The Morgan fingerprint density at radius 1 is 1.38 bits per heavy atom. The van der Waals surface area contributed by atoms with Crippen LogP contribution in [-0.2, 0) is 5.54 Å². The molecular weight excluding hydrogens is 278 g/mol. The number of nitrogens with zero attached hydrogens (tertiary/aromatic N) is 1. The van der Waals surface area contributed by atoms with Gasteiger partial charge in [0.2, 0.25) is 0 Å². The zero-order valence-corrected chi connectivity index (χ0v) is 9.89. The Hall–Kier alpha value is -0.990. The molecule has 0 amide bonds. The summed E-state index contributed by atoms with van der Waals surface area (Å²) in [5.74, 6) is -2.68. The lowest BCUT2D eigenvalue weighted by Gasteiger charge is -2.45. The van der Waals surface area contributed by atoms with Crippen molar-refractivity contribution in [3.05, 3.63) is 33.8 Å². The molecule has 84 valence electrons. The highest BCUT2D eigenvalue weighted by Gasteiger charge is 2.55. The highest BCUT2D eigenvalue weighted by atomic mass is 79.9. The van der Waals surface area contributed by atoms with Crippen molar-refractivity contribution in [2.75, 3.05) is 0 Å². The third-order valence-corrected chi connectivity index (χ3v) is 3.47. The van der Waals surface area contributed by atoms with Gasteiger partial charge in [-0.1, -0.05) is 15.9 Å². The van der Waals surface area contributed by atoms with E-state index >= 15 is 0 Å². The van der Waals surface area contributed by atoms with Crippen molar-refractivity contribution in [3.63, 3.8) is 0 Å². The Morgan fingerprint density at radius 3 is 2.50 bits per heavy atom. The van der Waals surface area contributed by atoms with Crippen LogP contribution in [0.4, 0.5) is 8.78 Å². The molecule has 1 fully saturated rings. The fraction of sp³-hybridized carbons (Fsp3) is 0.364. The molecule has 2 rings (SSSR count). The summed E-state index contributed by atoms with van der Waals surface area (Å²) in [7, 11) is 0. The van der Waals surface area contributed by atoms with E-state index in [4.69, 9.17) is 11.0 Å². The number of halogens is 3. The van der Waals surface area contributed by atoms with Crippen molar-refractivity contribution in [1.29, 1.82) is 5.26 Å². The first-order valence-electron chi connectivity index (χ1n) is 4.73. The molecule has 0 bridgehead atoms. The van der Waals surface area contributed by atoms with E-state index in [1.807, 2.05) is 6.07 Å². The van der Waals surface area contributed by atoms with Crippen molar-refractivity contribution < 1.29 is 8.78 Å². The maximum atomic E-state index is 12.9. The minimum Gasteiger partial charge on any atom is -0.321 e. The molecule has 0 saturated heterocycles. The summed E-state index contributed by atoms with van der Waals surface area (Å²) in [5.41, 5.74) is 5.90. The SMILES string of the molecule is N#Cc1ccc(Br)c(C2(N)CC(F)(F)C2)c1. The number of nitrogens with two attached hydrogens (primary N) is 1. The molecule has 0 atom stereocenters. The second-order valence-corrected chi connectivity index (χ2v) is 5.03. The van der Waals surface area contributed by atoms with Gasteiger partial charge in [0, 0.05) is 17.3 Å². The molecule has 0 radical (unpaired) electrons. The van der Waals surface area contributed by atoms with Gasteiger partial charge in [0.1, 0.15) is 0 Å². The number of benzene rings is 1. The Morgan fingerprint density at radius 2 is 2.00 bits per heavy atom. The van der Waals surface area contributed by atoms with Crippen LogP contribution in [0.15, 0.2) is 22.7 Å². The zero-order valence-electron chi connectivity index (χ0n) is 8.30. The van der Waals surface area contributed by atoms with Gasteiger partial charge in [0.05, 0.1) is 17.2 Å². The zero-order chi connectivity index (χ0) is 12.0. The number of hydrogen-bond donors (Lipinski definition) is 1. The van der Waals surface area contributed by atoms with Gasteiger partial charge < -0.3 is 5.73 Å². The third-order valence-electron chi connectivity index (χ3n) is 2.78. The molecule has 0 aromatic heterocycles. The number of nitriles is 1. The normalized spacial score (nSPS) is 20.9. The van der Waals surface area contributed by atoms with Crippen LogP contribution in [0.5, 0.6) is 0 Å². The van der Waals surface area contributed by atoms with Crippen LogP contribution < -0.4 is 5.73 Å². The van der Waals surface area contributed by atoms with E-state index in [0.717, 1.165) is 0 Å². The summed E-state index contributed by atoms with van der Waals surface area (Å²) in [6.07, 6.45) is -0.735. The topological polar surface area (TPSA) is 49.8 Å². The van der Waals surface area contributed by atoms with Crippen molar-refractivity contribution >= 4 is 15.9 Å². The van der Waals surface area contributed by atoms with Crippen LogP contribution in [0.3, 0.4) is 0 Å². The average Bonchev–Trinajstić information content (AvgIpc) is 2.15. The van der Waals surface area contributed by atoms with Gasteiger partial charge in [-0.15, -0.1) is 0 Å². The lowest BCUT2D eigenvalue weighted by atomic mass is 9.69. The molecule has 0 aliphatic heterocycles. The van der Waals surface area contributed by atoms with Crippen LogP contribution in [0.1, 0.15) is 24.0 Å². The van der Waals surface area contributed by atoms with Crippen LogP contribution >= 0.6 is 15.9 Å². The van der Waals surface area contributed by atoms with Crippen molar-refractivity contribution in [3.8, 4) is 6.07 Å². The second kappa shape index (κ2) is 3.51. The van der Waals surface area contributed by atoms with Gasteiger partial charge in [0.15, 0.2) is 0 Å². The van der Waals surface area contributed by atoms with Crippen LogP contribution in [0, 0.1) is 11.3 Å². The maximum absolute atomic E-state index is 12.9. The van der Waals surface area contributed by atoms with Gasteiger partial charge in [-0.2, -0.15) is 5.26 Å². The summed E-state index contributed by atoms with van der Waals surface area (Å²) >= 11 is 3.27. The molecule has 16 heavy (non-hydrogen) atoms. The molecule has 0 unspecified atom stereocenters. The van der Waals surface area contributed by atoms with Crippen LogP contribution in [-0.4, -0.2) is 5.92 Å². The Labute approximate surface area is 100 Å². The predicted octanol–water partition coefficient (Wildman–Crippen LogP) is 2.90. The Bertz CT molecular complexity index is 471. The summed E-state index contributed by atoms with van der Waals surface area (Å²) in [5, 5.41) is 8.76. The third kappa shape index (κ3) is 1.83. The lowest BCUT2D eigenvalue weighted by molar-refractivity contribution is -0.125. The van der Waals surface area contributed by atoms with E-state index in [1.165, 1.54) is 0 Å².